The second-order valence-corrected chi connectivity index (χ2v) is 12.6. The van der Waals surface area contributed by atoms with Crippen LogP contribution in [-0.4, -0.2) is 60.4 Å². The van der Waals surface area contributed by atoms with E-state index in [0.29, 0.717) is 24.5 Å². The van der Waals surface area contributed by atoms with Crippen molar-refractivity contribution in [3.05, 3.63) is 47.6 Å². The Bertz CT molecular complexity index is 1230. The standard InChI is InChI=1S/C34H48N2O7/c1-7-21(3)33(39)43-30-15-20(2)14-24-10-8-22(4)27(32(24)30)12-11-26-17-25(18-31(38)35-5)36(34(40)42-26)19-23-9-13-28(37)29(16-23)41-6/h8-10,13-14,16,20-22,25-27,30,32,37H,7,11-12,15,17-19H2,1-6H3,(H,35,38)/t20-,21+,22?,25-,26-,27?,30-,32+/m0/s1. The second kappa shape index (κ2) is 14.3. The lowest BCUT2D eigenvalue weighted by Crippen LogP contribution is -2.50. The van der Waals surface area contributed by atoms with Crippen LogP contribution in [0.25, 0.3) is 0 Å². The SMILES string of the molecule is CC[C@@H](C)C(=O)O[C@H]1C[C@@H](C)C=C2C=CC(C)C(CC[C@H]3C[C@@H](CC(=O)NC)N(Cc4ccc(O)c(OC)c4)C(=O)O3)[C@@H]21. The summed E-state index contributed by atoms with van der Waals surface area (Å²) >= 11 is 0. The molecule has 0 spiro atoms. The van der Waals surface area contributed by atoms with E-state index in [0.717, 1.165) is 24.8 Å². The fourth-order valence-electron chi connectivity index (χ4n) is 6.77. The molecule has 1 heterocycles. The second-order valence-electron chi connectivity index (χ2n) is 12.6. The van der Waals surface area contributed by atoms with Crippen LogP contribution in [0.4, 0.5) is 4.79 Å². The minimum absolute atomic E-state index is 0.0172. The van der Waals surface area contributed by atoms with E-state index >= 15 is 0 Å². The first-order chi connectivity index (χ1) is 20.5. The summed E-state index contributed by atoms with van der Waals surface area (Å²) in [6.07, 6.45) is 9.49. The summed E-state index contributed by atoms with van der Waals surface area (Å²) in [6, 6.07) is 4.60. The Balaban J connectivity index is 1.49. The third-order valence-electron chi connectivity index (χ3n) is 9.47. The van der Waals surface area contributed by atoms with Crippen molar-refractivity contribution in [2.75, 3.05) is 14.2 Å². The number of cyclic esters (lactones) is 1. The van der Waals surface area contributed by atoms with Crippen molar-refractivity contribution in [3.63, 3.8) is 0 Å². The molecule has 4 rings (SSSR count). The number of hydrogen-bond donors (Lipinski definition) is 2. The maximum Gasteiger partial charge on any atom is 0.410 e. The van der Waals surface area contributed by atoms with Crippen LogP contribution in [0.5, 0.6) is 11.5 Å². The van der Waals surface area contributed by atoms with Crippen molar-refractivity contribution in [1.29, 1.82) is 0 Å². The highest BCUT2D eigenvalue weighted by molar-refractivity contribution is 5.78. The minimum Gasteiger partial charge on any atom is -0.504 e. The Hall–Kier alpha value is -3.49. The average Bonchev–Trinajstić information content (AvgIpc) is 2.98. The van der Waals surface area contributed by atoms with Crippen molar-refractivity contribution < 1.29 is 33.7 Å². The van der Waals surface area contributed by atoms with Crippen molar-refractivity contribution in [1.82, 2.24) is 10.2 Å². The van der Waals surface area contributed by atoms with Gasteiger partial charge in [0.15, 0.2) is 11.5 Å². The molecule has 3 aliphatic rings. The van der Waals surface area contributed by atoms with Gasteiger partial charge in [0, 0.05) is 38.4 Å². The van der Waals surface area contributed by atoms with E-state index < -0.39 is 6.09 Å². The predicted octanol–water partition coefficient (Wildman–Crippen LogP) is 5.76. The molecular formula is C34H48N2O7. The molecule has 9 nitrogen and oxygen atoms in total. The molecule has 1 aromatic carbocycles. The summed E-state index contributed by atoms with van der Waals surface area (Å²) in [5.41, 5.74) is 2.00. The van der Waals surface area contributed by atoms with Crippen LogP contribution in [-0.2, 0) is 25.6 Å². The Labute approximate surface area is 255 Å². The summed E-state index contributed by atoms with van der Waals surface area (Å²) in [6.45, 7) is 8.52. The van der Waals surface area contributed by atoms with Crippen LogP contribution < -0.4 is 10.1 Å². The van der Waals surface area contributed by atoms with E-state index in [2.05, 4.69) is 37.4 Å². The number of rotatable bonds is 11. The number of nitrogens with one attached hydrogen (secondary N) is 1. The summed E-state index contributed by atoms with van der Waals surface area (Å²) in [4.78, 5) is 40.3. The number of hydrogen-bond acceptors (Lipinski definition) is 7. The quantitative estimate of drug-likeness (QED) is 0.312. The number of phenolic OH excluding ortho intramolecular Hbond substituents is 1. The largest absolute Gasteiger partial charge is 0.504 e. The van der Waals surface area contributed by atoms with Gasteiger partial charge in [-0.25, -0.2) is 4.79 Å². The number of nitrogens with zero attached hydrogens (tertiary/aromatic N) is 1. The van der Waals surface area contributed by atoms with Gasteiger partial charge in [0.25, 0.3) is 0 Å². The summed E-state index contributed by atoms with van der Waals surface area (Å²) in [5.74, 6) is 0.862. The lowest BCUT2D eigenvalue weighted by atomic mass is 9.65. The lowest BCUT2D eigenvalue weighted by Gasteiger charge is -2.44. The zero-order valence-electron chi connectivity index (χ0n) is 26.4. The van der Waals surface area contributed by atoms with Gasteiger partial charge in [0.05, 0.1) is 13.0 Å². The molecule has 2 unspecified atom stereocenters. The topological polar surface area (TPSA) is 114 Å². The number of fused-ring (bicyclic) bond motifs is 1. The number of phenols is 1. The van der Waals surface area contributed by atoms with Crippen LogP contribution >= 0.6 is 0 Å². The highest BCUT2D eigenvalue weighted by Crippen LogP contribution is 2.45. The van der Waals surface area contributed by atoms with Gasteiger partial charge >= 0.3 is 12.1 Å². The number of benzene rings is 1. The number of esters is 1. The van der Waals surface area contributed by atoms with Gasteiger partial charge in [-0.05, 0) is 66.7 Å². The van der Waals surface area contributed by atoms with Gasteiger partial charge < -0.3 is 29.5 Å². The molecule has 2 aliphatic carbocycles. The highest BCUT2D eigenvalue weighted by atomic mass is 16.6. The van der Waals surface area contributed by atoms with Gasteiger partial charge in [-0.1, -0.05) is 52.0 Å². The third-order valence-corrected chi connectivity index (χ3v) is 9.47. The maximum absolute atomic E-state index is 13.4. The summed E-state index contributed by atoms with van der Waals surface area (Å²) in [5, 5.41) is 12.7. The predicted molar refractivity (Wildman–Crippen MR) is 163 cm³/mol. The van der Waals surface area contributed by atoms with E-state index in [1.54, 1.807) is 24.1 Å². The Kier molecular flexibility index (Phi) is 10.8. The molecule has 2 N–H and O–H groups in total. The first kappa shape index (κ1) is 32.4. The Morgan fingerprint density at radius 1 is 1.21 bits per heavy atom. The average molecular weight is 597 g/mol. The number of carbonyl (C=O) groups is 3. The molecular weight excluding hydrogens is 548 g/mol. The number of methoxy groups -OCH3 is 1. The molecule has 0 aromatic heterocycles. The number of aromatic hydroxyl groups is 1. The molecule has 1 aliphatic heterocycles. The molecule has 0 bridgehead atoms. The number of ether oxygens (including phenoxy) is 3. The van der Waals surface area contributed by atoms with Crippen molar-refractivity contribution in [3.8, 4) is 11.5 Å². The van der Waals surface area contributed by atoms with Gasteiger partial charge in [-0.2, -0.15) is 0 Å². The fourth-order valence-corrected chi connectivity index (χ4v) is 6.77. The smallest absolute Gasteiger partial charge is 0.410 e. The van der Waals surface area contributed by atoms with E-state index in [4.69, 9.17) is 14.2 Å². The molecule has 1 aromatic rings. The normalized spacial score (nSPS) is 29.2. The zero-order valence-corrected chi connectivity index (χ0v) is 26.4. The summed E-state index contributed by atoms with van der Waals surface area (Å²) < 4.78 is 17.4. The number of allylic oxidation sites excluding steroid dienone is 3. The van der Waals surface area contributed by atoms with Crippen LogP contribution in [0.2, 0.25) is 0 Å². The van der Waals surface area contributed by atoms with E-state index in [9.17, 15) is 19.5 Å². The molecule has 8 atom stereocenters. The zero-order chi connectivity index (χ0) is 31.3. The fraction of sp³-hybridized carbons (Fsp3) is 0.618. The van der Waals surface area contributed by atoms with Gasteiger partial charge in [-0.3, -0.25) is 9.59 Å². The molecule has 236 valence electrons. The van der Waals surface area contributed by atoms with E-state index in [1.807, 2.05) is 13.8 Å². The third kappa shape index (κ3) is 7.73. The molecule has 9 heteroatoms. The maximum atomic E-state index is 13.4. The molecule has 1 saturated heterocycles. The molecule has 2 amide bonds. The number of amides is 2. The van der Waals surface area contributed by atoms with Crippen LogP contribution in [0.1, 0.15) is 71.8 Å². The van der Waals surface area contributed by atoms with Crippen LogP contribution in [0.3, 0.4) is 0 Å². The van der Waals surface area contributed by atoms with Crippen LogP contribution in [0.15, 0.2) is 42.0 Å². The molecule has 0 radical (unpaired) electrons. The van der Waals surface area contributed by atoms with Crippen molar-refractivity contribution in [2.24, 2.45) is 29.6 Å². The lowest BCUT2D eigenvalue weighted by molar-refractivity contribution is -0.158. The Morgan fingerprint density at radius 2 is 1.98 bits per heavy atom. The van der Waals surface area contributed by atoms with Gasteiger partial charge in [-0.15, -0.1) is 0 Å². The van der Waals surface area contributed by atoms with Crippen molar-refractivity contribution in [2.45, 2.75) is 91.0 Å². The molecule has 0 saturated carbocycles. The minimum atomic E-state index is -0.457. The van der Waals surface area contributed by atoms with Gasteiger partial charge in [0.2, 0.25) is 5.91 Å². The van der Waals surface area contributed by atoms with E-state index in [1.165, 1.54) is 18.7 Å². The van der Waals surface area contributed by atoms with Gasteiger partial charge in [0.1, 0.15) is 12.2 Å². The monoisotopic (exact) mass is 596 g/mol. The van der Waals surface area contributed by atoms with Crippen molar-refractivity contribution >= 4 is 18.0 Å². The summed E-state index contributed by atoms with van der Waals surface area (Å²) in [7, 11) is 3.06. The molecule has 43 heavy (non-hydrogen) atoms. The first-order valence-corrected chi connectivity index (χ1v) is 15.7. The van der Waals surface area contributed by atoms with Crippen LogP contribution in [0, 0.1) is 29.6 Å². The first-order valence-electron chi connectivity index (χ1n) is 15.7. The molecule has 1 fully saturated rings. The van der Waals surface area contributed by atoms with E-state index in [-0.39, 0.29) is 72.5 Å². The number of carbonyl (C=O) groups excluding carboxylic acids is 3. The highest BCUT2D eigenvalue weighted by Gasteiger charge is 2.43. The Morgan fingerprint density at radius 3 is 2.67 bits per heavy atom.